The first-order valence-corrected chi connectivity index (χ1v) is 7.88. The van der Waals surface area contributed by atoms with Crippen LogP contribution in [0, 0.1) is 20.8 Å². The van der Waals surface area contributed by atoms with Crippen molar-refractivity contribution in [2.45, 2.75) is 52.6 Å². The highest BCUT2D eigenvalue weighted by atomic mass is 16.1. The molecule has 2 aromatic heterocycles. The lowest BCUT2D eigenvalue weighted by molar-refractivity contribution is 0.0939. The number of rotatable bonds is 4. The zero-order chi connectivity index (χ0) is 16.0. The Bertz CT molecular complexity index is 721. The van der Waals surface area contributed by atoms with Gasteiger partial charge in [0.2, 0.25) is 0 Å². The van der Waals surface area contributed by atoms with Crippen molar-refractivity contribution in [1.82, 2.24) is 19.7 Å². The molecule has 1 aliphatic rings. The fourth-order valence-electron chi connectivity index (χ4n) is 3.19. The summed E-state index contributed by atoms with van der Waals surface area (Å²) in [6.07, 6.45) is 4.28. The predicted octanol–water partition coefficient (Wildman–Crippen LogP) is 2.97. The van der Waals surface area contributed by atoms with Crippen molar-refractivity contribution < 1.29 is 4.79 Å². The van der Waals surface area contributed by atoms with Gasteiger partial charge >= 0.3 is 0 Å². The van der Waals surface area contributed by atoms with E-state index in [1.165, 1.54) is 18.5 Å². The minimum atomic E-state index is -0.0508. The topological polar surface area (TPSA) is 51.9 Å². The summed E-state index contributed by atoms with van der Waals surface area (Å²) in [4.78, 5) is 12.6. The molecule has 118 valence electrons. The highest BCUT2D eigenvalue weighted by Crippen LogP contribution is 2.38. The van der Waals surface area contributed by atoms with Gasteiger partial charge < -0.3 is 9.88 Å². The number of aryl methyl sites for hydroxylation is 2. The van der Waals surface area contributed by atoms with Gasteiger partial charge in [-0.3, -0.25) is 9.48 Å². The molecule has 1 amide bonds. The molecule has 1 N–H and O–H groups in total. The number of nitrogens with one attached hydrogen (secondary N) is 1. The summed E-state index contributed by atoms with van der Waals surface area (Å²) >= 11 is 0. The molecule has 0 saturated heterocycles. The maximum atomic E-state index is 12.6. The number of carbonyl (C=O) groups is 1. The Morgan fingerprint density at radius 3 is 2.55 bits per heavy atom. The molecule has 22 heavy (non-hydrogen) atoms. The van der Waals surface area contributed by atoms with Crippen LogP contribution in [0.1, 0.15) is 64.9 Å². The van der Waals surface area contributed by atoms with E-state index in [4.69, 9.17) is 0 Å². The fourth-order valence-corrected chi connectivity index (χ4v) is 3.19. The van der Waals surface area contributed by atoms with Crippen LogP contribution in [0.25, 0.3) is 0 Å². The van der Waals surface area contributed by atoms with E-state index in [0.717, 1.165) is 22.5 Å². The van der Waals surface area contributed by atoms with Gasteiger partial charge in [0.15, 0.2) is 0 Å². The van der Waals surface area contributed by atoms with Gasteiger partial charge in [-0.2, -0.15) is 5.10 Å². The molecule has 5 heteroatoms. The number of carbonyl (C=O) groups excluding carboxylic acids is 1. The average Bonchev–Trinajstić information content (AvgIpc) is 3.17. The fraction of sp³-hybridized carbons (Fsp3) is 0.529. The molecule has 1 atom stereocenters. The van der Waals surface area contributed by atoms with Crippen LogP contribution in [-0.4, -0.2) is 20.3 Å². The molecule has 1 saturated carbocycles. The Morgan fingerprint density at radius 1 is 1.32 bits per heavy atom. The van der Waals surface area contributed by atoms with Gasteiger partial charge in [-0.05, 0) is 46.6 Å². The number of hydrogen-bond acceptors (Lipinski definition) is 2. The van der Waals surface area contributed by atoms with Gasteiger partial charge in [-0.25, -0.2) is 0 Å². The number of aromatic nitrogens is 3. The van der Waals surface area contributed by atoms with E-state index in [9.17, 15) is 4.79 Å². The van der Waals surface area contributed by atoms with Crippen molar-refractivity contribution in [3.63, 3.8) is 0 Å². The number of amides is 1. The molecule has 5 nitrogen and oxygen atoms in total. The third-order valence-electron chi connectivity index (χ3n) is 4.73. The second-order valence-electron chi connectivity index (χ2n) is 6.39. The summed E-state index contributed by atoms with van der Waals surface area (Å²) in [5.41, 5.74) is 5.18. The van der Waals surface area contributed by atoms with E-state index in [1.807, 2.05) is 44.8 Å². The van der Waals surface area contributed by atoms with Gasteiger partial charge in [0.1, 0.15) is 0 Å². The van der Waals surface area contributed by atoms with E-state index >= 15 is 0 Å². The molecule has 2 heterocycles. The Hall–Kier alpha value is -2.04. The van der Waals surface area contributed by atoms with Crippen molar-refractivity contribution in [2.75, 3.05) is 0 Å². The Balaban J connectivity index is 1.80. The summed E-state index contributed by atoms with van der Waals surface area (Å²) in [5, 5.41) is 7.35. The number of nitrogens with zero attached hydrogens (tertiary/aromatic N) is 3. The molecule has 0 aliphatic heterocycles. The standard InChI is InChI=1S/C17H24N4O/c1-10-8-15(13(4)21(10)14-6-7-14)17(22)19-11(2)16-9-18-20(5)12(16)3/h8-9,11,14H,6-7H2,1-5H3,(H,19,22). The van der Waals surface area contributed by atoms with Crippen molar-refractivity contribution in [2.24, 2.45) is 7.05 Å². The predicted molar refractivity (Wildman–Crippen MR) is 86.0 cm³/mol. The van der Waals surface area contributed by atoms with Crippen molar-refractivity contribution >= 4 is 5.91 Å². The smallest absolute Gasteiger partial charge is 0.253 e. The zero-order valence-corrected chi connectivity index (χ0v) is 14.0. The van der Waals surface area contributed by atoms with E-state index in [1.54, 1.807) is 0 Å². The van der Waals surface area contributed by atoms with Crippen molar-refractivity contribution in [3.05, 3.63) is 40.5 Å². The molecule has 1 aliphatic carbocycles. The van der Waals surface area contributed by atoms with Crippen molar-refractivity contribution in [1.29, 1.82) is 0 Å². The van der Waals surface area contributed by atoms with Crippen LogP contribution in [0.15, 0.2) is 12.3 Å². The summed E-state index contributed by atoms with van der Waals surface area (Å²) in [7, 11) is 1.91. The minimum Gasteiger partial charge on any atom is -0.345 e. The Labute approximate surface area is 131 Å². The molecular weight excluding hydrogens is 276 g/mol. The first kappa shape index (κ1) is 14.9. The number of hydrogen-bond donors (Lipinski definition) is 1. The molecule has 3 rings (SSSR count). The monoisotopic (exact) mass is 300 g/mol. The highest BCUT2D eigenvalue weighted by Gasteiger charge is 2.28. The summed E-state index contributed by atoms with van der Waals surface area (Å²) in [5.74, 6) is -0.00393. The van der Waals surface area contributed by atoms with Gasteiger partial charge in [0.25, 0.3) is 5.91 Å². The van der Waals surface area contributed by atoms with E-state index in [-0.39, 0.29) is 11.9 Å². The first-order chi connectivity index (χ1) is 10.4. The molecule has 0 bridgehead atoms. The van der Waals surface area contributed by atoms with Crippen LogP contribution >= 0.6 is 0 Å². The van der Waals surface area contributed by atoms with Crippen molar-refractivity contribution in [3.8, 4) is 0 Å². The van der Waals surface area contributed by atoms with Crippen LogP contribution in [0.4, 0.5) is 0 Å². The summed E-state index contributed by atoms with van der Waals surface area (Å²) in [6.45, 7) is 8.14. The third kappa shape index (κ3) is 2.45. The minimum absolute atomic E-state index is 0.00393. The van der Waals surface area contributed by atoms with E-state index < -0.39 is 0 Å². The first-order valence-electron chi connectivity index (χ1n) is 7.88. The normalized spacial score (nSPS) is 15.9. The maximum Gasteiger partial charge on any atom is 0.253 e. The Morgan fingerprint density at radius 2 is 2.00 bits per heavy atom. The molecule has 1 unspecified atom stereocenters. The van der Waals surface area contributed by atoms with Crippen LogP contribution in [-0.2, 0) is 7.05 Å². The lowest BCUT2D eigenvalue weighted by Gasteiger charge is -2.14. The average molecular weight is 300 g/mol. The SMILES string of the molecule is Cc1c(C(C)NC(=O)c2cc(C)n(C3CC3)c2C)cnn1C. The van der Waals surface area contributed by atoms with Crippen LogP contribution in [0.3, 0.4) is 0 Å². The van der Waals surface area contributed by atoms with E-state index in [2.05, 4.69) is 21.9 Å². The maximum absolute atomic E-state index is 12.6. The molecule has 0 aromatic carbocycles. The third-order valence-corrected chi connectivity index (χ3v) is 4.73. The molecule has 0 spiro atoms. The molecular formula is C17H24N4O. The quantitative estimate of drug-likeness (QED) is 0.943. The summed E-state index contributed by atoms with van der Waals surface area (Å²) in [6, 6.07) is 2.55. The van der Waals surface area contributed by atoms with Gasteiger partial charge in [0.05, 0.1) is 17.8 Å². The van der Waals surface area contributed by atoms with Crippen LogP contribution in [0.2, 0.25) is 0 Å². The molecule has 1 fully saturated rings. The molecule has 0 radical (unpaired) electrons. The second-order valence-corrected chi connectivity index (χ2v) is 6.39. The molecule has 2 aromatic rings. The van der Waals surface area contributed by atoms with E-state index in [0.29, 0.717) is 6.04 Å². The van der Waals surface area contributed by atoms with Gasteiger partial charge in [-0.1, -0.05) is 0 Å². The lowest BCUT2D eigenvalue weighted by atomic mass is 10.1. The second kappa shape index (κ2) is 5.30. The van der Waals surface area contributed by atoms with Crippen LogP contribution < -0.4 is 5.32 Å². The van der Waals surface area contributed by atoms with Crippen LogP contribution in [0.5, 0.6) is 0 Å². The van der Waals surface area contributed by atoms with Gasteiger partial charge in [0, 0.05) is 35.7 Å². The summed E-state index contributed by atoms with van der Waals surface area (Å²) < 4.78 is 4.13. The Kier molecular flexibility index (Phi) is 3.59. The van der Waals surface area contributed by atoms with Gasteiger partial charge in [-0.15, -0.1) is 0 Å². The highest BCUT2D eigenvalue weighted by molar-refractivity contribution is 5.96. The lowest BCUT2D eigenvalue weighted by Crippen LogP contribution is -2.27. The largest absolute Gasteiger partial charge is 0.345 e. The zero-order valence-electron chi connectivity index (χ0n) is 14.0.